The Morgan fingerprint density at radius 2 is 1.37 bits per heavy atom. The molecule has 3 rings (SSSR count). The number of nitrogens with zero attached hydrogens (tertiary/aromatic N) is 4. The molecule has 0 unspecified atom stereocenters. The molecular formula is C24H30N6. The molecule has 0 radical (unpaired) electrons. The molecule has 0 bridgehead atoms. The molecule has 0 aliphatic carbocycles. The van der Waals surface area contributed by atoms with Crippen molar-refractivity contribution in [3.63, 3.8) is 0 Å². The lowest BCUT2D eigenvalue weighted by molar-refractivity contribution is 0.782. The number of nitrogens with two attached hydrogens (primary N) is 2. The van der Waals surface area contributed by atoms with E-state index < -0.39 is 0 Å². The molecule has 0 atom stereocenters. The summed E-state index contributed by atoms with van der Waals surface area (Å²) in [6, 6.07) is 24.4. The molecule has 0 amide bonds. The van der Waals surface area contributed by atoms with E-state index in [9.17, 15) is 0 Å². The van der Waals surface area contributed by atoms with Crippen LogP contribution in [0.25, 0.3) is 11.1 Å². The first-order valence-corrected chi connectivity index (χ1v) is 10.2. The first-order chi connectivity index (χ1) is 14.6. The van der Waals surface area contributed by atoms with Crippen molar-refractivity contribution < 1.29 is 0 Å². The molecule has 0 saturated heterocycles. The summed E-state index contributed by atoms with van der Waals surface area (Å²) < 4.78 is 0. The van der Waals surface area contributed by atoms with Crippen LogP contribution in [0.1, 0.15) is 0 Å². The zero-order chi connectivity index (χ0) is 21.3. The lowest BCUT2D eigenvalue weighted by Gasteiger charge is -2.24. The number of anilines is 2. The molecule has 156 valence electrons. The van der Waals surface area contributed by atoms with Crippen LogP contribution in [-0.2, 0) is 0 Å². The second kappa shape index (κ2) is 10.5. The molecule has 3 aromatic rings. The van der Waals surface area contributed by atoms with Gasteiger partial charge in [0.1, 0.15) is 0 Å². The number of azo groups is 1. The summed E-state index contributed by atoms with van der Waals surface area (Å²) in [5.74, 6) is 0. The molecule has 4 N–H and O–H groups in total. The fourth-order valence-electron chi connectivity index (χ4n) is 3.27. The largest absolute Gasteiger partial charge is 0.378 e. The third-order valence-electron chi connectivity index (χ3n) is 4.87. The SMILES string of the molecule is CN(C)c1ccc(-c2cc(N(CCN)CCN)ccc2N=Nc2ccccc2)cc1. The Bertz CT molecular complexity index is 945. The highest BCUT2D eigenvalue weighted by Gasteiger charge is 2.11. The van der Waals surface area contributed by atoms with Crippen LogP contribution in [0.3, 0.4) is 0 Å². The topological polar surface area (TPSA) is 83.2 Å². The summed E-state index contributed by atoms with van der Waals surface area (Å²) in [6.07, 6.45) is 0. The van der Waals surface area contributed by atoms with Gasteiger partial charge in [0.2, 0.25) is 0 Å². The van der Waals surface area contributed by atoms with Crippen molar-refractivity contribution in [2.75, 3.05) is 50.1 Å². The van der Waals surface area contributed by atoms with Crippen molar-refractivity contribution in [2.45, 2.75) is 0 Å². The van der Waals surface area contributed by atoms with Gasteiger partial charge >= 0.3 is 0 Å². The van der Waals surface area contributed by atoms with Crippen molar-refractivity contribution in [3.05, 3.63) is 72.8 Å². The molecule has 0 aromatic heterocycles. The van der Waals surface area contributed by atoms with Gasteiger partial charge in [-0.25, -0.2) is 0 Å². The van der Waals surface area contributed by atoms with Crippen molar-refractivity contribution in [1.82, 2.24) is 0 Å². The van der Waals surface area contributed by atoms with Gasteiger partial charge in [-0.3, -0.25) is 0 Å². The number of benzene rings is 3. The first-order valence-electron chi connectivity index (χ1n) is 10.2. The third kappa shape index (κ3) is 5.43. The van der Waals surface area contributed by atoms with E-state index in [0.29, 0.717) is 13.1 Å². The summed E-state index contributed by atoms with van der Waals surface area (Å²) in [6.45, 7) is 2.65. The van der Waals surface area contributed by atoms with Crippen LogP contribution >= 0.6 is 0 Å². The maximum atomic E-state index is 5.81. The number of hydrogen-bond donors (Lipinski definition) is 2. The Balaban J connectivity index is 2.03. The highest BCUT2D eigenvalue weighted by molar-refractivity contribution is 5.80. The maximum Gasteiger partial charge on any atom is 0.0936 e. The van der Waals surface area contributed by atoms with E-state index in [2.05, 4.69) is 56.4 Å². The molecule has 6 heteroatoms. The van der Waals surface area contributed by atoms with Gasteiger partial charge in [-0.15, -0.1) is 5.11 Å². The van der Waals surface area contributed by atoms with E-state index in [-0.39, 0.29) is 0 Å². The molecule has 3 aromatic carbocycles. The van der Waals surface area contributed by atoms with Gasteiger partial charge < -0.3 is 21.3 Å². The summed E-state index contributed by atoms with van der Waals surface area (Å²) >= 11 is 0. The first kappa shape index (κ1) is 21.5. The van der Waals surface area contributed by atoms with Crippen LogP contribution in [0.5, 0.6) is 0 Å². The van der Waals surface area contributed by atoms with Crippen LogP contribution in [0, 0.1) is 0 Å². The van der Waals surface area contributed by atoms with Crippen molar-refractivity contribution in [2.24, 2.45) is 21.7 Å². The van der Waals surface area contributed by atoms with Crippen LogP contribution < -0.4 is 21.3 Å². The monoisotopic (exact) mass is 402 g/mol. The van der Waals surface area contributed by atoms with Crippen molar-refractivity contribution >= 4 is 22.7 Å². The second-order valence-corrected chi connectivity index (χ2v) is 7.24. The minimum Gasteiger partial charge on any atom is -0.378 e. The van der Waals surface area contributed by atoms with E-state index in [1.807, 2.05) is 50.5 Å². The Morgan fingerprint density at radius 1 is 0.733 bits per heavy atom. The van der Waals surface area contributed by atoms with Gasteiger partial charge in [0.25, 0.3) is 0 Å². The fraction of sp³-hybridized carbons (Fsp3) is 0.250. The zero-order valence-corrected chi connectivity index (χ0v) is 17.7. The van der Waals surface area contributed by atoms with Crippen LogP contribution in [0.2, 0.25) is 0 Å². The smallest absolute Gasteiger partial charge is 0.0936 e. The average molecular weight is 403 g/mol. The molecular weight excluding hydrogens is 372 g/mol. The molecule has 6 nitrogen and oxygen atoms in total. The lowest BCUT2D eigenvalue weighted by atomic mass is 10.0. The minimum atomic E-state index is 0.572. The Hall–Kier alpha value is -3.22. The molecule has 0 heterocycles. The molecule has 30 heavy (non-hydrogen) atoms. The molecule has 0 fully saturated rings. The summed E-state index contributed by atoms with van der Waals surface area (Å²) in [5.41, 5.74) is 17.6. The highest BCUT2D eigenvalue weighted by Crippen LogP contribution is 2.35. The third-order valence-corrected chi connectivity index (χ3v) is 4.87. The summed E-state index contributed by atoms with van der Waals surface area (Å²) in [4.78, 5) is 4.29. The normalized spacial score (nSPS) is 11.1. The predicted molar refractivity (Wildman–Crippen MR) is 127 cm³/mol. The van der Waals surface area contributed by atoms with E-state index in [0.717, 1.165) is 47.0 Å². The van der Waals surface area contributed by atoms with Gasteiger partial charge in [0.15, 0.2) is 0 Å². The van der Waals surface area contributed by atoms with Crippen molar-refractivity contribution in [1.29, 1.82) is 0 Å². The van der Waals surface area contributed by atoms with E-state index in [1.165, 1.54) is 0 Å². The lowest BCUT2D eigenvalue weighted by Crippen LogP contribution is -2.33. The van der Waals surface area contributed by atoms with E-state index in [4.69, 9.17) is 11.5 Å². The Labute approximate surface area is 178 Å². The van der Waals surface area contributed by atoms with Crippen LogP contribution in [0.15, 0.2) is 83.0 Å². The van der Waals surface area contributed by atoms with Gasteiger partial charge in [-0.05, 0) is 48.0 Å². The van der Waals surface area contributed by atoms with Crippen molar-refractivity contribution in [3.8, 4) is 11.1 Å². The quantitative estimate of drug-likeness (QED) is 0.514. The minimum absolute atomic E-state index is 0.572. The average Bonchev–Trinajstić information content (AvgIpc) is 2.78. The Kier molecular flexibility index (Phi) is 7.54. The summed E-state index contributed by atoms with van der Waals surface area (Å²) in [5, 5.41) is 8.97. The zero-order valence-electron chi connectivity index (χ0n) is 17.7. The van der Waals surface area contributed by atoms with Gasteiger partial charge in [0, 0.05) is 57.2 Å². The predicted octanol–water partition coefficient (Wildman–Crippen LogP) is 4.56. The van der Waals surface area contributed by atoms with Gasteiger partial charge in [0.05, 0.1) is 11.4 Å². The number of rotatable bonds is 9. The summed E-state index contributed by atoms with van der Waals surface area (Å²) in [7, 11) is 4.07. The highest BCUT2D eigenvalue weighted by atomic mass is 15.1. The Morgan fingerprint density at radius 3 is 1.97 bits per heavy atom. The van der Waals surface area contributed by atoms with Gasteiger partial charge in [-0.2, -0.15) is 5.11 Å². The second-order valence-electron chi connectivity index (χ2n) is 7.24. The number of hydrogen-bond acceptors (Lipinski definition) is 6. The maximum absolute atomic E-state index is 5.81. The van der Waals surface area contributed by atoms with Crippen LogP contribution in [0.4, 0.5) is 22.7 Å². The van der Waals surface area contributed by atoms with E-state index >= 15 is 0 Å². The molecule has 0 spiro atoms. The molecule has 0 aliphatic rings. The standard InChI is InChI=1S/C24H30N6/c1-29(2)21-10-8-19(9-11-21)23-18-22(30(16-14-25)17-15-26)12-13-24(23)28-27-20-6-4-3-5-7-20/h3-13,18H,14-17,25-26H2,1-2H3. The van der Waals surface area contributed by atoms with E-state index in [1.54, 1.807) is 0 Å². The fourth-order valence-corrected chi connectivity index (χ4v) is 3.27. The molecule has 0 saturated carbocycles. The molecule has 0 aliphatic heterocycles. The van der Waals surface area contributed by atoms with Crippen LogP contribution in [-0.4, -0.2) is 40.3 Å². The van der Waals surface area contributed by atoms with Gasteiger partial charge in [-0.1, -0.05) is 30.3 Å².